The molecule has 0 spiro atoms. The minimum absolute atomic E-state index is 0.00387. The van der Waals surface area contributed by atoms with Gasteiger partial charge in [0.2, 0.25) is 0 Å². The van der Waals surface area contributed by atoms with Gasteiger partial charge in [0.25, 0.3) is 11.8 Å². The number of phenols is 1. The number of hydrogen-bond donors (Lipinski definition) is 2. The van der Waals surface area contributed by atoms with Crippen molar-refractivity contribution in [3.8, 4) is 11.8 Å². The molecule has 0 saturated carbocycles. The van der Waals surface area contributed by atoms with Crippen molar-refractivity contribution in [1.29, 1.82) is 5.26 Å². The number of primary amides is 1. The number of ether oxygens (including phenoxy) is 1. The zero-order chi connectivity index (χ0) is 27.5. The van der Waals surface area contributed by atoms with E-state index in [0.29, 0.717) is 23.0 Å². The van der Waals surface area contributed by atoms with E-state index in [-0.39, 0.29) is 36.8 Å². The molecule has 37 heavy (non-hydrogen) atoms. The number of nitrogens with two attached hydrogens (primary N) is 1. The summed E-state index contributed by atoms with van der Waals surface area (Å²) < 4.78 is 45.5. The molecule has 2 aromatic carbocycles. The predicted octanol–water partition coefficient (Wildman–Crippen LogP) is 3.12. The summed E-state index contributed by atoms with van der Waals surface area (Å²) in [6, 6.07) is 7.38. The maximum absolute atomic E-state index is 13.4. The first-order chi connectivity index (χ1) is 17.3. The summed E-state index contributed by atoms with van der Waals surface area (Å²) in [6.07, 6.45) is -4.49. The SMILES string of the molecule is CC1(C)C(=O)N(c2ccc(C#N)c(C(F)(F)F)c2)C(=O)N1OCCOCCc1ccc(O)c(C(N)=O)c1. The number of urea groups is 1. The molecule has 0 radical (unpaired) electrons. The summed E-state index contributed by atoms with van der Waals surface area (Å²) in [5.74, 6) is -1.82. The Kier molecular flexibility index (Phi) is 7.75. The van der Waals surface area contributed by atoms with E-state index in [1.54, 1.807) is 6.07 Å². The lowest BCUT2D eigenvalue weighted by atomic mass is 10.0. The summed E-state index contributed by atoms with van der Waals surface area (Å²) in [6.45, 7) is 2.80. The van der Waals surface area contributed by atoms with E-state index in [9.17, 15) is 32.7 Å². The lowest BCUT2D eigenvalue weighted by Crippen LogP contribution is -2.44. The largest absolute Gasteiger partial charge is 0.507 e. The molecule has 0 bridgehead atoms. The Hall–Kier alpha value is -4.15. The Morgan fingerprint density at radius 1 is 1.14 bits per heavy atom. The first-order valence-electron chi connectivity index (χ1n) is 10.9. The van der Waals surface area contributed by atoms with Crippen molar-refractivity contribution in [2.45, 2.75) is 32.0 Å². The number of hydrogen-bond acceptors (Lipinski definition) is 7. The van der Waals surface area contributed by atoms with Crippen LogP contribution in [0.15, 0.2) is 36.4 Å². The number of aromatic hydroxyl groups is 1. The molecule has 0 aliphatic carbocycles. The molecule has 1 aliphatic heterocycles. The van der Waals surface area contributed by atoms with Crippen molar-refractivity contribution < 1.29 is 42.2 Å². The van der Waals surface area contributed by atoms with Gasteiger partial charge in [-0.3, -0.25) is 14.4 Å². The Labute approximate surface area is 209 Å². The molecule has 0 atom stereocenters. The number of alkyl halides is 3. The van der Waals surface area contributed by atoms with E-state index in [4.69, 9.17) is 20.6 Å². The average molecular weight is 520 g/mol. The summed E-state index contributed by atoms with van der Waals surface area (Å²) in [7, 11) is 0. The second kappa shape index (κ2) is 10.5. The second-order valence-electron chi connectivity index (χ2n) is 8.53. The zero-order valence-electron chi connectivity index (χ0n) is 19.8. The number of carbonyl (C=O) groups excluding carboxylic acids is 3. The molecule has 10 nitrogen and oxygen atoms in total. The Morgan fingerprint density at radius 3 is 2.46 bits per heavy atom. The van der Waals surface area contributed by atoms with Crippen molar-refractivity contribution in [3.63, 3.8) is 0 Å². The minimum atomic E-state index is -4.86. The Bertz CT molecular complexity index is 1270. The molecule has 2 aromatic rings. The quantitative estimate of drug-likeness (QED) is 0.382. The van der Waals surface area contributed by atoms with E-state index in [1.807, 2.05) is 0 Å². The highest BCUT2D eigenvalue weighted by atomic mass is 19.4. The Morgan fingerprint density at radius 2 is 1.84 bits per heavy atom. The lowest BCUT2D eigenvalue weighted by molar-refractivity contribution is -0.173. The van der Waals surface area contributed by atoms with Gasteiger partial charge in [-0.2, -0.15) is 23.5 Å². The van der Waals surface area contributed by atoms with Gasteiger partial charge >= 0.3 is 12.2 Å². The number of amides is 4. The molecule has 1 aliphatic rings. The van der Waals surface area contributed by atoms with Crippen LogP contribution in [0.25, 0.3) is 0 Å². The fraction of sp³-hybridized carbons (Fsp3) is 0.333. The first kappa shape index (κ1) is 27.4. The van der Waals surface area contributed by atoms with Crippen molar-refractivity contribution in [2.75, 3.05) is 24.7 Å². The molecular formula is C24H23F3N4O6. The van der Waals surface area contributed by atoms with Gasteiger partial charge in [0.1, 0.15) is 11.3 Å². The smallest absolute Gasteiger partial charge is 0.417 e. The average Bonchev–Trinajstić information content (AvgIpc) is 2.99. The Balaban J connectivity index is 1.61. The minimum Gasteiger partial charge on any atom is -0.507 e. The lowest BCUT2D eigenvalue weighted by Gasteiger charge is -2.26. The van der Waals surface area contributed by atoms with E-state index in [0.717, 1.165) is 17.2 Å². The van der Waals surface area contributed by atoms with Gasteiger partial charge < -0.3 is 15.6 Å². The predicted molar refractivity (Wildman–Crippen MR) is 122 cm³/mol. The molecule has 3 N–H and O–H groups in total. The standard InChI is InChI=1S/C24H23F3N4O6/c1-23(2)21(34)30(16-5-4-15(13-28)18(12-16)24(25,26)27)22(35)31(23)37-10-9-36-8-7-14-3-6-19(32)17(11-14)20(29)33/h3-6,11-12,32H,7-10H2,1-2H3,(H2,29,33). The van der Waals surface area contributed by atoms with Crippen molar-refractivity contribution >= 4 is 23.5 Å². The highest BCUT2D eigenvalue weighted by molar-refractivity contribution is 6.22. The number of nitrogens with zero attached hydrogens (tertiary/aromatic N) is 3. The topological polar surface area (TPSA) is 146 Å². The highest BCUT2D eigenvalue weighted by Gasteiger charge is 2.53. The molecular weight excluding hydrogens is 497 g/mol. The maximum atomic E-state index is 13.4. The summed E-state index contributed by atoms with van der Waals surface area (Å²) in [5, 5.41) is 19.4. The van der Waals surface area contributed by atoms with Crippen molar-refractivity contribution in [1.82, 2.24) is 5.06 Å². The van der Waals surface area contributed by atoms with Crippen LogP contribution in [0.2, 0.25) is 0 Å². The fourth-order valence-corrected chi connectivity index (χ4v) is 3.64. The van der Waals surface area contributed by atoms with E-state index >= 15 is 0 Å². The van der Waals surface area contributed by atoms with Crippen LogP contribution in [-0.2, 0) is 27.0 Å². The third-order valence-electron chi connectivity index (χ3n) is 5.60. The van der Waals surface area contributed by atoms with Gasteiger partial charge in [0.05, 0.1) is 48.3 Å². The molecule has 1 fully saturated rings. The summed E-state index contributed by atoms with van der Waals surface area (Å²) in [4.78, 5) is 43.2. The van der Waals surface area contributed by atoms with E-state index in [2.05, 4.69) is 0 Å². The number of anilines is 1. The number of hydroxylamine groups is 2. The van der Waals surface area contributed by atoms with Crippen LogP contribution in [0.3, 0.4) is 0 Å². The number of benzene rings is 2. The molecule has 1 saturated heterocycles. The second-order valence-corrected chi connectivity index (χ2v) is 8.53. The first-order valence-corrected chi connectivity index (χ1v) is 10.9. The monoisotopic (exact) mass is 520 g/mol. The molecule has 0 unspecified atom stereocenters. The number of imide groups is 1. The van der Waals surface area contributed by atoms with Gasteiger partial charge in [-0.15, -0.1) is 0 Å². The summed E-state index contributed by atoms with van der Waals surface area (Å²) >= 11 is 0. The number of carbonyl (C=O) groups is 3. The van der Waals surface area contributed by atoms with Crippen molar-refractivity contribution in [3.05, 3.63) is 58.7 Å². The van der Waals surface area contributed by atoms with Crippen molar-refractivity contribution in [2.24, 2.45) is 5.73 Å². The van der Waals surface area contributed by atoms with Crippen LogP contribution in [0.5, 0.6) is 5.75 Å². The molecule has 4 amide bonds. The number of halogens is 3. The van der Waals surface area contributed by atoms with Gasteiger partial charge in [-0.25, -0.2) is 9.69 Å². The van der Waals surface area contributed by atoms with Gasteiger partial charge in [-0.05, 0) is 56.2 Å². The van der Waals surface area contributed by atoms with Crippen LogP contribution < -0.4 is 10.6 Å². The van der Waals surface area contributed by atoms with Crippen LogP contribution in [0.4, 0.5) is 23.7 Å². The van der Waals surface area contributed by atoms with Crippen LogP contribution in [0, 0.1) is 11.3 Å². The molecule has 196 valence electrons. The molecule has 3 rings (SSSR count). The molecule has 1 heterocycles. The normalized spacial score (nSPS) is 15.2. The van der Waals surface area contributed by atoms with E-state index < -0.39 is 40.7 Å². The van der Waals surface area contributed by atoms with Crippen LogP contribution in [0.1, 0.15) is 40.9 Å². The highest BCUT2D eigenvalue weighted by Crippen LogP contribution is 2.37. The molecule has 13 heteroatoms. The van der Waals surface area contributed by atoms with Gasteiger partial charge in [0, 0.05) is 0 Å². The third-order valence-corrected chi connectivity index (χ3v) is 5.60. The molecule has 0 aromatic heterocycles. The van der Waals surface area contributed by atoms with Crippen LogP contribution >= 0.6 is 0 Å². The summed E-state index contributed by atoms with van der Waals surface area (Å²) in [5.41, 5.74) is 2.08. The van der Waals surface area contributed by atoms with Gasteiger partial charge in [-0.1, -0.05) is 6.07 Å². The van der Waals surface area contributed by atoms with Gasteiger partial charge in [0.15, 0.2) is 0 Å². The number of nitriles is 1. The zero-order valence-corrected chi connectivity index (χ0v) is 19.8. The van der Waals surface area contributed by atoms with E-state index in [1.165, 1.54) is 32.0 Å². The number of rotatable bonds is 9. The van der Waals surface area contributed by atoms with Crippen LogP contribution in [-0.4, -0.2) is 53.4 Å². The third kappa shape index (κ3) is 5.65. The fourth-order valence-electron chi connectivity index (χ4n) is 3.64. The maximum Gasteiger partial charge on any atom is 0.417 e.